The second-order valence-electron chi connectivity index (χ2n) is 8.88. The van der Waals surface area contributed by atoms with Gasteiger partial charge in [0, 0.05) is 49.3 Å². The van der Waals surface area contributed by atoms with E-state index in [1.807, 2.05) is 18.2 Å². The molecule has 0 spiro atoms. The largest absolute Gasteiger partial charge is 0.368 e. The molecule has 1 atom stereocenters. The van der Waals surface area contributed by atoms with E-state index in [0.29, 0.717) is 35.2 Å². The number of anilines is 1. The summed E-state index contributed by atoms with van der Waals surface area (Å²) in [4.78, 5) is 34.9. The molecule has 1 amide bonds. The number of aromatic nitrogens is 3. The van der Waals surface area contributed by atoms with Crippen molar-refractivity contribution in [1.82, 2.24) is 18.4 Å². The third-order valence-corrected chi connectivity index (χ3v) is 8.62. The van der Waals surface area contributed by atoms with E-state index in [4.69, 9.17) is 16.9 Å². The van der Waals surface area contributed by atoms with E-state index in [9.17, 15) is 18.0 Å². The topological polar surface area (TPSA) is 121 Å². The lowest BCUT2D eigenvalue weighted by Crippen LogP contribution is -2.51. The highest BCUT2D eigenvalue weighted by atomic mass is 35.5. The molecule has 1 fully saturated rings. The van der Waals surface area contributed by atoms with Gasteiger partial charge in [-0.1, -0.05) is 11.6 Å². The van der Waals surface area contributed by atoms with Crippen LogP contribution in [0, 0.1) is 11.3 Å². The van der Waals surface area contributed by atoms with Gasteiger partial charge in [0.25, 0.3) is 10.0 Å². The van der Waals surface area contributed by atoms with Crippen molar-refractivity contribution in [3.05, 3.63) is 88.1 Å². The number of halogens is 1. The number of nitriles is 1. The number of pyridine rings is 1. The van der Waals surface area contributed by atoms with Gasteiger partial charge in [0.1, 0.15) is 6.04 Å². The number of amides is 1. The summed E-state index contributed by atoms with van der Waals surface area (Å²) in [5.74, 6) is -0.295. The molecule has 5 rings (SSSR count). The fourth-order valence-corrected chi connectivity index (χ4v) is 6.26. The minimum Gasteiger partial charge on any atom is -0.368 e. The molecule has 2 aromatic carbocycles. The van der Waals surface area contributed by atoms with Crippen molar-refractivity contribution in [3.8, 4) is 6.07 Å². The van der Waals surface area contributed by atoms with Crippen LogP contribution in [0.2, 0.25) is 5.02 Å². The van der Waals surface area contributed by atoms with Gasteiger partial charge >= 0.3 is 5.69 Å². The number of hydrogen-bond acceptors (Lipinski definition) is 7. The first-order valence-electron chi connectivity index (χ1n) is 11.8. The molecular weight excluding hydrogens is 528 g/mol. The van der Waals surface area contributed by atoms with Gasteiger partial charge in [-0.25, -0.2) is 13.2 Å². The predicted octanol–water partition coefficient (Wildman–Crippen LogP) is 2.87. The molecule has 4 aromatic rings. The smallest absolute Gasteiger partial charge is 0.344 e. The first kappa shape index (κ1) is 25.5. The zero-order valence-corrected chi connectivity index (χ0v) is 21.9. The van der Waals surface area contributed by atoms with Crippen LogP contribution in [0.5, 0.6) is 0 Å². The molecule has 1 unspecified atom stereocenters. The average Bonchev–Trinajstić information content (AvgIpc) is 3.24. The maximum absolute atomic E-state index is 13.7. The third kappa shape index (κ3) is 4.42. The Morgan fingerprint density at radius 2 is 1.66 bits per heavy atom. The molecule has 12 heteroatoms. The van der Waals surface area contributed by atoms with Crippen LogP contribution in [0.15, 0.2) is 76.7 Å². The van der Waals surface area contributed by atoms with Crippen molar-refractivity contribution in [2.75, 3.05) is 31.1 Å². The number of nitrogens with zero attached hydrogens (tertiary/aromatic N) is 6. The van der Waals surface area contributed by atoms with E-state index in [1.165, 1.54) is 47.0 Å². The molecule has 0 bridgehead atoms. The highest BCUT2D eigenvalue weighted by Gasteiger charge is 2.32. The molecule has 0 aliphatic carbocycles. The highest BCUT2D eigenvalue weighted by Crippen LogP contribution is 2.26. The van der Waals surface area contributed by atoms with Gasteiger partial charge in [-0.05, 0) is 61.5 Å². The SMILES string of the molecule is CC(C(=O)N1CCN(c2ccncc2)CC1)n1c(=O)n(S(=O)(=O)c2ccc(C#N)cc2)c2ccc(Cl)cc21. The van der Waals surface area contributed by atoms with Crippen molar-refractivity contribution in [1.29, 1.82) is 5.26 Å². The van der Waals surface area contributed by atoms with Crippen LogP contribution in [0.1, 0.15) is 18.5 Å². The van der Waals surface area contributed by atoms with Crippen molar-refractivity contribution < 1.29 is 13.2 Å². The van der Waals surface area contributed by atoms with Crippen LogP contribution in [0.25, 0.3) is 11.0 Å². The maximum atomic E-state index is 13.7. The Hall–Kier alpha value is -4.14. The normalized spacial score (nSPS) is 14.9. The quantitative estimate of drug-likeness (QED) is 0.374. The fourth-order valence-electron chi connectivity index (χ4n) is 4.69. The number of imidazole rings is 1. The van der Waals surface area contributed by atoms with Crippen molar-refractivity contribution in [3.63, 3.8) is 0 Å². The first-order valence-corrected chi connectivity index (χ1v) is 13.7. The Morgan fingerprint density at radius 3 is 2.29 bits per heavy atom. The zero-order valence-electron chi connectivity index (χ0n) is 20.4. The molecule has 2 aromatic heterocycles. The van der Waals surface area contributed by atoms with Gasteiger partial charge < -0.3 is 9.80 Å². The molecular formula is C26H23ClN6O4S. The van der Waals surface area contributed by atoms with Crippen molar-refractivity contribution in [2.24, 2.45) is 0 Å². The van der Waals surface area contributed by atoms with Crippen LogP contribution in [-0.4, -0.2) is 58.9 Å². The second-order valence-corrected chi connectivity index (χ2v) is 11.1. The Morgan fingerprint density at radius 1 is 1.00 bits per heavy atom. The minimum absolute atomic E-state index is 0.103. The summed E-state index contributed by atoms with van der Waals surface area (Å²) in [6.45, 7) is 3.69. The number of piperazine rings is 1. The molecule has 0 radical (unpaired) electrons. The standard InChI is InChI=1S/C26H23ClN6O4S/c1-18(25(34)31-14-12-30(13-15-31)21-8-10-29-11-9-21)32-24-16-20(27)4-7-23(24)33(26(32)35)38(36,37)22-5-2-19(17-28)3-6-22/h2-11,16,18H,12-15H2,1H3. The molecule has 194 valence electrons. The van der Waals surface area contributed by atoms with Gasteiger partial charge in [-0.2, -0.15) is 9.23 Å². The average molecular weight is 551 g/mol. The lowest BCUT2D eigenvalue weighted by Gasteiger charge is -2.37. The summed E-state index contributed by atoms with van der Waals surface area (Å²) < 4.78 is 29.0. The second kappa shape index (κ2) is 9.96. The highest BCUT2D eigenvalue weighted by molar-refractivity contribution is 7.90. The summed E-state index contributed by atoms with van der Waals surface area (Å²) in [6.07, 6.45) is 3.43. The number of benzene rings is 2. The Bertz CT molecular complexity index is 1720. The molecule has 38 heavy (non-hydrogen) atoms. The van der Waals surface area contributed by atoms with Crippen LogP contribution >= 0.6 is 11.6 Å². The Labute approximate surface area is 224 Å². The minimum atomic E-state index is -4.34. The van der Waals surface area contributed by atoms with Gasteiger partial charge in [0.2, 0.25) is 5.91 Å². The monoisotopic (exact) mass is 550 g/mol. The van der Waals surface area contributed by atoms with Gasteiger partial charge in [-0.15, -0.1) is 0 Å². The number of fused-ring (bicyclic) bond motifs is 1. The molecule has 1 aliphatic rings. The van der Waals surface area contributed by atoms with Crippen LogP contribution in [0.4, 0.5) is 5.69 Å². The number of rotatable bonds is 5. The van der Waals surface area contributed by atoms with Crippen molar-refractivity contribution in [2.45, 2.75) is 17.9 Å². The molecule has 0 saturated carbocycles. The number of carbonyl (C=O) groups excluding carboxylic acids is 1. The zero-order chi connectivity index (χ0) is 27.0. The first-order chi connectivity index (χ1) is 18.2. The van der Waals surface area contributed by atoms with Gasteiger partial charge in [0.05, 0.1) is 27.6 Å². The van der Waals surface area contributed by atoms with E-state index < -0.39 is 21.8 Å². The molecule has 0 N–H and O–H groups in total. The van der Waals surface area contributed by atoms with Crippen LogP contribution in [0.3, 0.4) is 0 Å². The van der Waals surface area contributed by atoms with E-state index in [0.717, 1.165) is 5.69 Å². The van der Waals surface area contributed by atoms with Gasteiger partial charge in [0.15, 0.2) is 0 Å². The lowest BCUT2D eigenvalue weighted by molar-refractivity contribution is -0.134. The predicted molar refractivity (Wildman–Crippen MR) is 143 cm³/mol. The molecule has 1 saturated heterocycles. The number of carbonyl (C=O) groups is 1. The molecule has 1 aliphatic heterocycles. The summed E-state index contributed by atoms with van der Waals surface area (Å²) in [7, 11) is -4.34. The summed E-state index contributed by atoms with van der Waals surface area (Å²) in [5.41, 5.74) is 0.764. The van der Waals surface area contributed by atoms with Gasteiger partial charge in [-0.3, -0.25) is 14.3 Å². The Kier molecular flexibility index (Phi) is 6.69. The maximum Gasteiger partial charge on any atom is 0.344 e. The van der Waals surface area contributed by atoms with E-state index in [2.05, 4.69) is 9.88 Å². The van der Waals surface area contributed by atoms with Crippen LogP contribution in [-0.2, 0) is 14.8 Å². The summed E-state index contributed by atoms with van der Waals surface area (Å²) in [5, 5.41) is 9.34. The summed E-state index contributed by atoms with van der Waals surface area (Å²) >= 11 is 6.21. The van der Waals surface area contributed by atoms with Crippen LogP contribution < -0.4 is 10.6 Å². The van der Waals surface area contributed by atoms with Crippen molar-refractivity contribution >= 4 is 44.3 Å². The molecule has 3 heterocycles. The van der Waals surface area contributed by atoms with E-state index in [-0.39, 0.29) is 27.4 Å². The fraction of sp³-hybridized carbons (Fsp3) is 0.231. The van der Waals surface area contributed by atoms with E-state index >= 15 is 0 Å². The molecule has 10 nitrogen and oxygen atoms in total. The Balaban J connectivity index is 1.50. The lowest BCUT2D eigenvalue weighted by atomic mass is 10.2. The summed E-state index contributed by atoms with van der Waals surface area (Å²) in [6, 6.07) is 14.5. The third-order valence-electron chi connectivity index (χ3n) is 6.68. The van der Waals surface area contributed by atoms with E-state index in [1.54, 1.807) is 24.2 Å². The number of hydrogen-bond donors (Lipinski definition) is 0.